The van der Waals surface area contributed by atoms with Crippen molar-refractivity contribution in [3.63, 3.8) is 0 Å². The lowest BCUT2D eigenvalue weighted by atomic mass is 10.1. The minimum atomic E-state index is -5.08. The highest BCUT2D eigenvalue weighted by molar-refractivity contribution is 5.70. The predicted octanol–water partition coefficient (Wildman–Crippen LogP) is 1.37. The molecule has 0 bridgehead atoms. The van der Waals surface area contributed by atoms with E-state index in [4.69, 9.17) is 5.11 Å². The number of rotatable bonds is 4. The van der Waals surface area contributed by atoms with Crippen LogP contribution in [-0.2, 0) is 17.9 Å². The third-order valence-corrected chi connectivity index (χ3v) is 1.86. The normalized spacial score (nSPS) is 11.3. The Morgan fingerprint density at radius 1 is 1.39 bits per heavy atom. The highest BCUT2D eigenvalue weighted by Crippen LogP contribution is 2.24. The standard InChI is InChI=1S/C9H7F4NO4/c10-3-5-1-4(2-6(15)16)7(17)14-8(5)18-9(11,12)13/h1H,2-3H2,(H,14,17)(H,15,16). The van der Waals surface area contributed by atoms with Crippen LogP contribution in [0.4, 0.5) is 17.6 Å². The molecule has 5 nitrogen and oxygen atoms in total. The van der Waals surface area contributed by atoms with Crippen LogP contribution < -0.4 is 10.3 Å². The maximum Gasteiger partial charge on any atom is 0.574 e. The number of carboxylic acids is 1. The molecule has 18 heavy (non-hydrogen) atoms. The smallest absolute Gasteiger partial charge is 0.481 e. The largest absolute Gasteiger partial charge is 0.574 e. The maximum absolute atomic E-state index is 12.5. The molecular formula is C9H7F4NO4. The van der Waals surface area contributed by atoms with Crippen molar-refractivity contribution in [1.82, 2.24) is 4.98 Å². The second kappa shape index (κ2) is 5.07. The molecule has 1 heterocycles. The molecule has 0 aliphatic carbocycles. The second-order valence-corrected chi connectivity index (χ2v) is 3.23. The van der Waals surface area contributed by atoms with Gasteiger partial charge in [-0.3, -0.25) is 14.6 Å². The van der Waals surface area contributed by atoms with Crippen molar-refractivity contribution in [2.45, 2.75) is 19.5 Å². The molecule has 0 saturated carbocycles. The molecule has 0 aromatic carbocycles. The molecule has 1 rings (SSSR count). The van der Waals surface area contributed by atoms with Gasteiger partial charge in [-0.05, 0) is 6.07 Å². The van der Waals surface area contributed by atoms with Crippen LogP contribution in [0.15, 0.2) is 10.9 Å². The number of hydrogen-bond donors (Lipinski definition) is 2. The van der Waals surface area contributed by atoms with E-state index in [0.717, 1.165) is 6.07 Å². The lowest BCUT2D eigenvalue weighted by Crippen LogP contribution is -2.23. The predicted molar refractivity (Wildman–Crippen MR) is 49.9 cm³/mol. The molecular weight excluding hydrogens is 262 g/mol. The van der Waals surface area contributed by atoms with E-state index in [-0.39, 0.29) is 5.56 Å². The quantitative estimate of drug-likeness (QED) is 0.809. The second-order valence-electron chi connectivity index (χ2n) is 3.23. The molecule has 0 aliphatic rings. The molecule has 0 fully saturated rings. The van der Waals surface area contributed by atoms with Crippen LogP contribution in [0.2, 0.25) is 0 Å². The number of halogens is 4. The molecule has 0 amide bonds. The number of carbonyl (C=O) groups is 1. The highest BCUT2D eigenvalue weighted by Gasteiger charge is 2.33. The molecule has 1 aromatic heterocycles. The van der Waals surface area contributed by atoms with E-state index in [1.165, 1.54) is 0 Å². The summed E-state index contributed by atoms with van der Waals surface area (Å²) >= 11 is 0. The zero-order chi connectivity index (χ0) is 13.9. The van der Waals surface area contributed by atoms with E-state index in [1.807, 2.05) is 0 Å². The van der Waals surface area contributed by atoms with Crippen molar-refractivity contribution in [2.75, 3.05) is 0 Å². The van der Waals surface area contributed by atoms with Crippen molar-refractivity contribution in [2.24, 2.45) is 0 Å². The first-order chi connectivity index (χ1) is 8.23. The summed E-state index contributed by atoms with van der Waals surface area (Å²) in [7, 11) is 0. The van der Waals surface area contributed by atoms with Gasteiger partial charge in [0.15, 0.2) is 0 Å². The first-order valence-corrected chi connectivity index (χ1v) is 4.51. The number of aromatic amines is 1. The lowest BCUT2D eigenvalue weighted by Gasteiger charge is -2.11. The van der Waals surface area contributed by atoms with Gasteiger partial charge in [0.05, 0.1) is 6.42 Å². The molecule has 0 spiro atoms. The zero-order valence-corrected chi connectivity index (χ0v) is 8.68. The first-order valence-electron chi connectivity index (χ1n) is 4.51. The Morgan fingerprint density at radius 3 is 2.44 bits per heavy atom. The van der Waals surface area contributed by atoms with Gasteiger partial charge in [0.25, 0.3) is 5.56 Å². The van der Waals surface area contributed by atoms with E-state index >= 15 is 0 Å². The van der Waals surface area contributed by atoms with Crippen LogP contribution in [0.1, 0.15) is 11.1 Å². The van der Waals surface area contributed by atoms with Crippen LogP contribution in [0.5, 0.6) is 5.88 Å². The molecule has 9 heteroatoms. The lowest BCUT2D eigenvalue weighted by molar-refractivity contribution is -0.276. The van der Waals surface area contributed by atoms with Crippen molar-refractivity contribution in [3.05, 3.63) is 27.5 Å². The maximum atomic E-state index is 12.5. The average Bonchev–Trinajstić information content (AvgIpc) is 2.19. The molecule has 0 aliphatic heterocycles. The molecule has 0 saturated heterocycles. The molecule has 0 radical (unpaired) electrons. The monoisotopic (exact) mass is 269 g/mol. The number of nitrogens with one attached hydrogen (secondary N) is 1. The van der Waals surface area contributed by atoms with Crippen LogP contribution >= 0.6 is 0 Å². The van der Waals surface area contributed by atoms with Crippen molar-refractivity contribution >= 4 is 5.97 Å². The van der Waals surface area contributed by atoms with Gasteiger partial charge in [0, 0.05) is 11.1 Å². The number of carboxylic acid groups (broad SMARTS) is 1. The van der Waals surface area contributed by atoms with Gasteiger partial charge < -0.3 is 9.84 Å². The van der Waals surface area contributed by atoms with E-state index in [1.54, 1.807) is 4.98 Å². The Hall–Kier alpha value is -2.06. The summed E-state index contributed by atoms with van der Waals surface area (Å²) in [6.45, 7) is -1.34. The fourth-order valence-corrected chi connectivity index (χ4v) is 1.21. The number of hydrogen-bond acceptors (Lipinski definition) is 3. The summed E-state index contributed by atoms with van der Waals surface area (Å²) in [6.07, 6.45) is -5.81. The van der Waals surface area contributed by atoms with E-state index < -0.39 is 42.4 Å². The van der Waals surface area contributed by atoms with Gasteiger partial charge in [0.2, 0.25) is 5.88 Å². The molecule has 0 unspecified atom stereocenters. The Bertz CT molecular complexity index is 508. The topological polar surface area (TPSA) is 79.4 Å². The minimum Gasteiger partial charge on any atom is -0.481 e. The third kappa shape index (κ3) is 3.75. The molecule has 0 atom stereocenters. The Labute approximate surface area is 97.0 Å². The number of aliphatic carboxylic acids is 1. The summed E-state index contributed by atoms with van der Waals surface area (Å²) in [4.78, 5) is 23.3. The Balaban J connectivity index is 3.18. The van der Waals surface area contributed by atoms with Crippen LogP contribution in [-0.4, -0.2) is 22.4 Å². The fraction of sp³-hybridized carbons (Fsp3) is 0.333. The molecule has 100 valence electrons. The van der Waals surface area contributed by atoms with Crippen LogP contribution in [0, 0.1) is 0 Å². The van der Waals surface area contributed by atoms with E-state index in [2.05, 4.69) is 4.74 Å². The number of H-pyrrole nitrogens is 1. The van der Waals surface area contributed by atoms with Gasteiger partial charge >= 0.3 is 12.3 Å². The summed E-state index contributed by atoms with van der Waals surface area (Å²) in [6, 6.07) is 0.730. The Kier molecular flexibility index (Phi) is 3.94. The minimum absolute atomic E-state index is 0.357. The summed E-state index contributed by atoms with van der Waals surface area (Å²) < 4.78 is 51.7. The van der Waals surface area contributed by atoms with Crippen molar-refractivity contribution in [3.8, 4) is 5.88 Å². The third-order valence-electron chi connectivity index (χ3n) is 1.86. The molecule has 1 aromatic rings. The van der Waals surface area contributed by atoms with Gasteiger partial charge in [-0.2, -0.15) is 0 Å². The van der Waals surface area contributed by atoms with Gasteiger partial charge in [-0.1, -0.05) is 0 Å². The van der Waals surface area contributed by atoms with Gasteiger partial charge in [0.1, 0.15) is 6.67 Å². The number of pyridine rings is 1. The summed E-state index contributed by atoms with van der Waals surface area (Å²) in [5, 5.41) is 8.45. The zero-order valence-electron chi connectivity index (χ0n) is 8.68. The SMILES string of the molecule is O=C(O)Cc1cc(CF)c(OC(F)(F)F)[nH]c1=O. The Morgan fingerprint density at radius 2 is 2.00 bits per heavy atom. The van der Waals surface area contributed by atoms with Gasteiger partial charge in [-0.25, -0.2) is 4.39 Å². The molecule has 2 N–H and O–H groups in total. The number of alkyl halides is 4. The van der Waals surface area contributed by atoms with E-state index in [9.17, 15) is 27.2 Å². The summed E-state index contributed by atoms with van der Waals surface area (Å²) in [5.74, 6) is -2.45. The van der Waals surface area contributed by atoms with Crippen LogP contribution in [0.25, 0.3) is 0 Å². The fourth-order valence-electron chi connectivity index (χ4n) is 1.21. The summed E-state index contributed by atoms with van der Waals surface area (Å²) in [5.41, 5.74) is -2.01. The average molecular weight is 269 g/mol. The van der Waals surface area contributed by atoms with Gasteiger partial charge in [-0.15, -0.1) is 13.2 Å². The van der Waals surface area contributed by atoms with Crippen LogP contribution in [0.3, 0.4) is 0 Å². The van der Waals surface area contributed by atoms with Crippen molar-refractivity contribution in [1.29, 1.82) is 0 Å². The highest BCUT2D eigenvalue weighted by atomic mass is 19.4. The first kappa shape index (κ1) is 14.0. The van der Waals surface area contributed by atoms with E-state index in [0.29, 0.717) is 0 Å². The number of aromatic nitrogens is 1. The van der Waals surface area contributed by atoms with Crippen molar-refractivity contribution < 1.29 is 32.2 Å². The number of ether oxygens (including phenoxy) is 1.